The summed E-state index contributed by atoms with van der Waals surface area (Å²) in [5, 5.41) is 14.9. The largest absolute Gasteiger partial charge is 0.331 e. The number of aryl methyl sites for hydroxylation is 1. The number of hydrogen-bond donors (Lipinski definition) is 2. The van der Waals surface area contributed by atoms with Gasteiger partial charge in [-0.2, -0.15) is 13.6 Å². The van der Waals surface area contributed by atoms with Crippen molar-refractivity contribution in [1.29, 1.82) is 0 Å². The molecule has 0 saturated heterocycles. The van der Waals surface area contributed by atoms with Gasteiger partial charge in [0.2, 0.25) is 0 Å². The standard InChI is InChI=1S/C11H12F2N6O/c1-19-17-9(16-18-19)15-10(20)14-7-11(12,13)8-5-3-2-4-6-8/h2-6H,7H2,1H3,(H2,14,15,17,20). The maximum atomic E-state index is 13.8. The van der Waals surface area contributed by atoms with E-state index in [1.165, 1.54) is 31.3 Å². The molecule has 20 heavy (non-hydrogen) atoms. The molecule has 9 heteroatoms. The van der Waals surface area contributed by atoms with Gasteiger partial charge in [-0.15, -0.1) is 5.10 Å². The smallest absolute Gasteiger partial charge is 0.321 e. The van der Waals surface area contributed by atoms with E-state index in [0.29, 0.717) is 0 Å². The Morgan fingerprint density at radius 2 is 2.05 bits per heavy atom. The quantitative estimate of drug-likeness (QED) is 0.880. The minimum Gasteiger partial charge on any atom is -0.331 e. The van der Waals surface area contributed by atoms with E-state index in [4.69, 9.17) is 0 Å². The number of carbonyl (C=O) groups excluding carboxylic acids is 1. The predicted octanol–water partition coefficient (Wildman–Crippen LogP) is 1.12. The van der Waals surface area contributed by atoms with Crippen molar-refractivity contribution in [2.24, 2.45) is 7.05 Å². The van der Waals surface area contributed by atoms with Gasteiger partial charge in [-0.05, 0) is 5.21 Å². The van der Waals surface area contributed by atoms with E-state index in [0.717, 1.165) is 4.80 Å². The van der Waals surface area contributed by atoms with Crippen LogP contribution in [0.25, 0.3) is 0 Å². The van der Waals surface area contributed by atoms with Crippen molar-refractivity contribution in [3.8, 4) is 0 Å². The zero-order chi connectivity index (χ0) is 14.6. The van der Waals surface area contributed by atoms with E-state index in [1.807, 2.05) is 0 Å². The summed E-state index contributed by atoms with van der Waals surface area (Å²) < 4.78 is 27.5. The second-order valence-corrected chi connectivity index (χ2v) is 3.98. The summed E-state index contributed by atoms with van der Waals surface area (Å²) in [6.45, 7) is -0.830. The number of urea groups is 1. The van der Waals surface area contributed by atoms with Gasteiger partial charge in [0.05, 0.1) is 13.6 Å². The minimum atomic E-state index is -3.16. The molecular weight excluding hydrogens is 270 g/mol. The number of halogens is 2. The highest BCUT2D eigenvalue weighted by atomic mass is 19.3. The maximum Gasteiger partial charge on any atom is 0.321 e. The molecule has 0 saturated carbocycles. The van der Waals surface area contributed by atoms with Crippen molar-refractivity contribution in [3.63, 3.8) is 0 Å². The first-order valence-electron chi connectivity index (χ1n) is 5.69. The Morgan fingerprint density at radius 1 is 1.35 bits per heavy atom. The van der Waals surface area contributed by atoms with Crippen LogP contribution in [0.15, 0.2) is 30.3 Å². The summed E-state index contributed by atoms with van der Waals surface area (Å²) >= 11 is 0. The van der Waals surface area contributed by atoms with Crippen LogP contribution in [0.4, 0.5) is 19.5 Å². The van der Waals surface area contributed by atoms with Crippen LogP contribution < -0.4 is 10.6 Å². The summed E-state index contributed by atoms with van der Waals surface area (Å²) in [6.07, 6.45) is 0. The van der Waals surface area contributed by atoms with Gasteiger partial charge in [0.1, 0.15) is 0 Å². The number of carbonyl (C=O) groups is 1. The summed E-state index contributed by atoms with van der Waals surface area (Å²) in [7, 11) is 1.51. The highest BCUT2D eigenvalue weighted by Crippen LogP contribution is 2.26. The van der Waals surface area contributed by atoms with Crippen LogP contribution in [0, 0.1) is 0 Å². The molecule has 2 rings (SSSR count). The summed E-state index contributed by atoms with van der Waals surface area (Å²) in [4.78, 5) is 12.6. The lowest BCUT2D eigenvalue weighted by atomic mass is 10.1. The van der Waals surface area contributed by atoms with Gasteiger partial charge in [0.15, 0.2) is 0 Å². The van der Waals surface area contributed by atoms with E-state index in [1.54, 1.807) is 6.07 Å². The number of nitrogens with one attached hydrogen (secondary N) is 2. The highest BCUT2D eigenvalue weighted by Gasteiger charge is 2.31. The van der Waals surface area contributed by atoms with Gasteiger partial charge < -0.3 is 5.32 Å². The number of benzene rings is 1. The Morgan fingerprint density at radius 3 is 2.65 bits per heavy atom. The summed E-state index contributed by atoms with van der Waals surface area (Å²) in [5.41, 5.74) is -0.169. The molecule has 0 spiro atoms. The van der Waals surface area contributed by atoms with Crippen LogP contribution in [0.5, 0.6) is 0 Å². The van der Waals surface area contributed by atoms with Crippen molar-refractivity contribution in [2.75, 3.05) is 11.9 Å². The van der Waals surface area contributed by atoms with Crippen LogP contribution in [-0.4, -0.2) is 32.8 Å². The second-order valence-electron chi connectivity index (χ2n) is 3.98. The molecule has 2 amide bonds. The number of anilines is 1. The van der Waals surface area contributed by atoms with Crippen molar-refractivity contribution in [2.45, 2.75) is 5.92 Å². The molecule has 0 aliphatic rings. The molecular formula is C11H12F2N6O. The average Bonchev–Trinajstić information content (AvgIpc) is 2.83. The molecule has 0 bridgehead atoms. The molecule has 0 atom stereocenters. The third-order valence-corrected chi connectivity index (χ3v) is 2.40. The molecule has 0 fully saturated rings. The second kappa shape index (κ2) is 5.59. The number of hydrogen-bond acceptors (Lipinski definition) is 4. The fourth-order valence-electron chi connectivity index (χ4n) is 1.46. The molecule has 2 N–H and O–H groups in total. The SMILES string of the molecule is Cn1nnc(NC(=O)NCC(F)(F)c2ccccc2)n1. The summed E-state index contributed by atoms with van der Waals surface area (Å²) in [5.74, 6) is -3.22. The normalized spacial score (nSPS) is 11.2. The van der Waals surface area contributed by atoms with Gasteiger partial charge in [-0.1, -0.05) is 35.4 Å². The first kappa shape index (κ1) is 13.8. The first-order chi connectivity index (χ1) is 9.47. The fraction of sp³-hybridized carbons (Fsp3) is 0.273. The Bertz CT molecular complexity index is 586. The van der Waals surface area contributed by atoms with Gasteiger partial charge in [-0.25, -0.2) is 4.79 Å². The first-order valence-corrected chi connectivity index (χ1v) is 5.69. The predicted molar refractivity (Wildman–Crippen MR) is 66.2 cm³/mol. The van der Waals surface area contributed by atoms with E-state index < -0.39 is 18.5 Å². The number of tetrazole rings is 1. The minimum absolute atomic E-state index is 0.0620. The van der Waals surface area contributed by atoms with E-state index in [2.05, 4.69) is 26.0 Å². The number of amides is 2. The molecule has 0 aliphatic heterocycles. The Kier molecular flexibility index (Phi) is 3.87. The lowest BCUT2D eigenvalue weighted by Crippen LogP contribution is -2.37. The molecule has 0 radical (unpaired) electrons. The molecule has 7 nitrogen and oxygen atoms in total. The number of aromatic nitrogens is 4. The van der Waals surface area contributed by atoms with Crippen molar-refractivity contribution in [1.82, 2.24) is 25.5 Å². The average molecular weight is 282 g/mol. The Labute approximate surface area is 113 Å². The van der Waals surface area contributed by atoms with Crippen LogP contribution in [0.3, 0.4) is 0 Å². The molecule has 0 aliphatic carbocycles. The third-order valence-electron chi connectivity index (χ3n) is 2.40. The van der Waals surface area contributed by atoms with Gasteiger partial charge in [0.25, 0.3) is 11.9 Å². The highest BCUT2D eigenvalue weighted by molar-refractivity contribution is 5.87. The third kappa shape index (κ3) is 3.46. The van der Waals surface area contributed by atoms with Crippen LogP contribution >= 0.6 is 0 Å². The number of nitrogens with zero attached hydrogens (tertiary/aromatic N) is 4. The van der Waals surface area contributed by atoms with E-state index >= 15 is 0 Å². The Hall–Kier alpha value is -2.58. The van der Waals surface area contributed by atoms with Crippen LogP contribution in [0.2, 0.25) is 0 Å². The number of alkyl halides is 2. The van der Waals surface area contributed by atoms with Gasteiger partial charge in [0, 0.05) is 5.56 Å². The zero-order valence-electron chi connectivity index (χ0n) is 10.5. The van der Waals surface area contributed by atoms with Crippen LogP contribution in [-0.2, 0) is 13.0 Å². The Balaban J connectivity index is 1.89. The lowest BCUT2D eigenvalue weighted by molar-refractivity contribution is -0.0000873. The molecule has 1 heterocycles. The molecule has 1 aromatic heterocycles. The monoisotopic (exact) mass is 282 g/mol. The summed E-state index contributed by atoms with van der Waals surface area (Å²) in [6, 6.07) is 6.42. The van der Waals surface area contributed by atoms with E-state index in [-0.39, 0.29) is 11.5 Å². The lowest BCUT2D eigenvalue weighted by Gasteiger charge is -2.17. The van der Waals surface area contributed by atoms with Crippen molar-refractivity contribution in [3.05, 3.63) is 35.9 Å². The van der Waals surface area contributed by atoms with Crippen LogP contribution in [0.1, 0.15) is 5.56 Å². The fourth-order valence-corrected chi connectivity index (χ4v) is 1.46. The molecule has 2 aromatic rings. The molecule has 106 valence electrons. The topological polar surface area (TPSA) is 84.7 Å². The molecule has 1 aromatic carbocycles. The van der Waals surface area contributed by atoms with Crippen molar-refractivity contribution < 1.29 is 13.6 Å². The molecule has 0 unspecified atom stereocenters. The maximum absolute atomic E-state index is 13.8. The van der Waals surface area contributed by atoms with Crippen molar-refractivity contribution >= 4 is 12.0 Å². The zero-order valence-corrected chi connectivity index (χ0v) is 10.5. The van der Waals surface area contributed by atoms with Gasteiger partial charge >= 0.3 is 6.03 Å². The van der Waals surface area contributed by atoms with E-state index in [9.17, 15) is 13.6 Å². The number of rotatable bonds is 4. The van der Waals surface area contributed by atoms with Gasteiger partial charge in [-0.3, -0.25) is 5.32 Å².